The van der Waals surface area contributed by atoms with Gasteiger partial charge in [0.25, 0.3) is 15.9 Å². The molecule has 0 fully saturated rings. The Labute approximate surface area is 126 Å². The number of fused-ring (bicyclic) bond motifs is 2. The molecular formula is C14H12N2O5S. The second kappa shape index (κ2) is 4.70. The lowest BCUT2D eigenvalue weighted by molar-refractivity contribution is -0.138. The summed E-state index contributed by atoms with van der Waals surface area (Å²) in [6.07, 6.45) is 1.27. The van der Waals surface area contributed by atoms with Gasteiger partial charge < -0.3 is 5.11 Å². The van der Waals surface area contributed by atoms with E-state index in [4.69, 9.17) is 0 Å². The summed E-state index contributed by atoms with van der Waals surface area (Å²) in [6, 6.07) is 7.45. The molecule has 2 aromatic rings. The number of anilines is 1. The third-order valence-corrected chi connectivity index (χ3v) is 5.29. The first-order valence-electron chi connectivity index (χ1n) is 6.44. The monoisotopic (exact) mass is 320 g/mol. The van der Waals surface area contributed by atoms with E-state index in [1.54, 1.807) is 6.07 Å². The molecule has 1 amide bonds. The Morgan fingerprint density at radius 3 is 2.55 bits per heavy atom. The van der Waals surface area contributed by atoms with Crippen molar-refractivity contribution in [3.05, 3.63) is 48.3 Å². The van der Waals surface area contributed by atoms with Crippen LogP contribution in [0.1, 0.15) is 17.4 Å². The van der Waals surface area contributed by atoms with Crippen molar-refractivity contribution in [2.75, 3.05) is 4.90 Å². The van der Waals surface area contributed by atoms with Gasteiger partial charge in [-0.2, -0.15) is 0 Å². The smallest absolute Gasteiger partial charge is 0.326 e. The molecule has 0 saturated carbocycles. The molecule has 0 aliphatic carbocycles. The summed E-state index contributed by atoms with van der Waals surface area (Å²) in [5.74, 6) is -1.89. The van der Waals surface area contributed by atoms with Crippen molar-refractivity contribution in [1.82, 2.24) is 3.97 Å². The average molecular weight is 320 g/mol. The van der Waals surface area contributed by atoms with Crippen LogP contribution in [0.5, 0.6) is 0 Å². The summed E-state index contributed by atoms with van der Waals surface area (Å²) in [4.78, 5) is 24.9. The van der Waals surface area contributed by atoms with Crippen molar-refractivity contribution >= 4 is 27.6 Å². The predicted molar refractivity (Wildman–Crippen MR) is 77.4 cm³/mol. The average Bonchev–Trinajstić information content (AvgIpc) is 2.95. The highest BCUT2D eigenvalue weighted by molar-refractivity contribution is 7.90. The van der Waals surface area contributed by atoms with Gasteiger partial charge in [0.15, 0.2) is 0 Å². The summed E-state index contributed by atoms with van der Waals surface area (Å²) >= 11 is 0. The highest BCUT2D eigenvalue weighted by Crippen LogP contribution is 2.33. The molecule has 1 unspecified atom stereocenters. The Morgan fingerprint density at radius 2 is 1.86 bits per heavy atom. The van der Waals surface area contributed by atoms with Crippen LogP contribution in [0.4, 0.5) is 5.69 Å². The van der Waals surface area contributed by atoms with Gasteiger partial charge in [-0.25, -0.2) is 17.2 Å². The molecule has 0 bridgehead atoms. The van der Waals surface area contributed by atoms with Crippen LogP contribution in [0, 0.1) is 0 Å². The van der Waals surface area contributed by atoms with Gasteiger partial charge in [-0.05, 0) is 31.2 Å². The number of rotatable bonds is 2. The second-order valence-corrected chi connectivity index (χ2v) is 6.63. The summed E-state index contributed by atoms with van der Waals surface area (Å²) in [6.45, 7) is 1.34. The number of nitrogens with zero attached hydrogens (tertiary/aromatic N) is 2. The molecule has 2 heterocycles. The molecule has 1 aromatic heterocycles. The highest BCUT2D eigenvalue weighted by atomic mass is 32.2. The van der Waals surface area contributed by atoms with Crippen LogP contribution in [0.15, 0.2) is 47.5 Å². The van der Waals surface area contributed by atoms with Gasteiger partial charge in [0.1, 0.15) is 16.6 Å². The van der Waals surface area contributed by atoms with Crippen LogP contribution in [0.2, 0.25) is 0 Å². The van der Waals surface area contributed by atoms with Gasteiger partial charge in [-0.1, -0.05) is 12.1 Å². The van der Waals surface area contributed by atoms with Crippen molar-refractivity contribution < 1.29 is 23.1 Å². The maximum atomic E-state index is 12.7. The number of amides is 1. The Bertz CT molecular complexity index is 884. The third kappa shape index (κ3) is 1.84. The number of aromatic nitrogens is 1. The molecule has 1 aliphatic rings. The van der Waals surface area contributed by atoms with Gasteiger partial charge in [0.2, 0.25) is 0 Å². The second-order valence-electron chi connectivity index (χ2n) is 4.85. The molecule has 0 radical (unpaired) electrons. The molecule has 114 valence electrons. The molecule has 22 heavy (non-hydrogen) atoms. The minimum absolute atomic E-state index is 0.0612. The fraction of sp³-hybridized carbons (Fsp3) is 0.143. The Kier molecular flexibility index (Phi) is 3.06. The molecule has 1 aromatic carbocycles. The molecule has 8 heteroatoms. The van der Waals surface area contributed by atoms with Crippen LogP contribution in [0.3, 0.4) is 0 Å². The summed E-state index contributed by atoms with van der Waals surface area (Å²) in [5, 5.41) is 9.25. The van der Waals surface area contributed by atoms with E-state index in [0.29, 0.717) is 0 Å². The maximum Gasteiger partial charge on any atom is 0.326 e. The van der Waals surface area contributed by atoms with E-state index in [1.165, 1.54) is 43.5 Å². The van der Waals surface area contributed by atoms with Crippen molar-refractivity contribution in [3.8, 4) is 0 Å². The highest BCUT2D eigenvalue weighted by Gasteiger charge is 2.38. The van der Waals surface area contributed by atoms with Gasteiger partial charge in [0, 0.05) is 6.20 Å². The first-order chi connectivity index (χ1) is 10.4. The Morgan fingerprint density at radius 1 is 1.18 bits per heavy atom. The SMILES string of the molecule is CC(C(=O)O)N1C(=O)c2cccn2S(=O)(=O)c2ccccc21. The lowest BCUT2D eigenvalue weighted by Gasteiger charge is -2.25. The summed E-state index contributed by atoms with van der Waals surface area (Å²) in [7, 11) is -3.96. The molecule has 1 atom stereocenters. The van der Waals surface area contributed by atoms with Crippen LogP contribution in [-0.2, 0) is 14.8 Å². The maximum absolute atomic E-state index is 12.7. The number of carbonyl (C=O) groups excluding carboxylic acids is 1. The minimum Gasteiger partial charge on any atom is -0.480 e. The first-order valence-corrected chi connectivity index (χ1v) is 7.88. The van der Waals surface area contributed by atoms with Gasteiger partial charge in [-0.3, -0.25) is 9.69 Å². The molecule has 3 rings (SSSR count). The van der Waals surface area contributed by atoms with Crippen molar-refractivity contribution in [1.29, 1.82) is 0 Å². The van der Waals surface area contributed by atoms with E-state index >= 15 is 0 Å². The van der Waals surface area contributed by atoms with Crippen molar-refractivity contribution in [2.24, 2.45) is 0 Å². The van der Waals surface area contributed by atoms with Crippen molar-refractivity contribution in [3.63, 3.8) is 0 Å². The van der Waals surface area contributed by atoms with E-state index in [0.717, 1.165) is 8.87 Å². The van der Waals surface area contributed by atoms with Crippen LogP contribution in [0.25, 0.3) is 0 Å². The molecule has 0 spiro atoms. The quantitative estimate of drug-likeness (QED) is 0.895. The Balaban J connectivity index is 2.39. The lowest BCUT2D eigenvalue weighted by atomic mass is 10.2. The number of para-hydroxylation sites is 1. The molecular weight excluding hydrogens is 308 g/mol. The normalized spacial score (nSPS) is 17.3. The number of aliphatic carboxylic acids is 1. The Hall–Kier alpha value is -2.61. The largest absolute Gasteiger partial charge is 0.480 e. The number of hydrogen-bond donors (Lipinski definition) is 1. The van der Waals surface area contributed by atoms with E-state index in [2.05, 4.69) is 0 Å². The molecule has 1 N–H and O–H groups in total. The van der Waals surface area contributed by atoms with Crippen LogP contribution in [-0.4, -0.2) is 35.4 Å². The number of benzene rings is 1. The summed E-state index contributed by atoms with van der Waals surface area (Å²) in [5.41, 5.74) is -0.0320. The standard InChI is InChI=1S/C14H12N2O5S/c1-9(14(18)19)16-10-5-2-3-7-12(10)22(20,21)15-8-4-6-11(15)13(16)17/h2-9H,1H3,(H,18,19). The van der Waals surface area contributed by atoms with Crippen LogP contribution < -0.4 is 4.90 Å². The lowest BCUT2D eigenvalue weighted by Crippen LogP contribution is -2.43. The zero-order valence-electron chi connectivity index (χ0n) is 11.5. The fourth-order valence-electron chi connectivity index (χ4n) is 2.45. The van der Waals surface area contributed by atoms with E-state index in [-0.39, 0.29) is 16.3 Å². The predicted octanol–water partition coefficient (Wildman–Crippen LogP) is 1.16. The van der Waals surface area contributed by atoms with Gasteiger partial charge in [-0.15, -0.1) is 0 Å². The number of carboxylic acid groups (broad SMARTS) is 1. The van der Waals surface area contributed by atoms with Crippen molar-refractivity contribution in [2.45, 2.75) is 17.9 Å². The zero-order chi connectivity index (χ0) is 16.1. The van der Waals surface area contributed by atoms with E-state index in [9.17, 15) is 23.1 Å². The fourth-order valence-corrected chi connectivity index (χ4v) is 3.97. The summed E-state index contributed by atoms with van der Waals surface area (Å²) < 4.78 is 26.3. The zero-order valence-corrected chi connectivity index (χ0v) is 12.3. The molecule has 7 nitrogen and oxygen atoms in total. The third-order valence-electron chi connectivity index (χ3n) is 3.56. The first kappa shape index (κ1) is 14.3. The van der Waals surface area contributed by atoms with E-state index in [1.807, 2.05) is 0 Å². The number of hydrogen-bond acceptors (Lipinski definition) is 4. The van der Waals surface area contributed by atoms with Gasteiger partial charge >= 0.3 is 5.97 Å². The molecule has 0 saturated heterocycles. The number of carboxylic acids is 1. The van der Waals surface area contributed by atoms with Gasteiger partial charge in [0.05, 0.1) is 5.69 Å². The topological polar surface area (TPSA) is 96.7 Å². The van der Waals surface area contributed by atoms with E-state index < -0.39 is 27.9 Å². The minimum atomic E-state index is -3.96. The van der Waals surface area contributed by atoms with Crippen LogP contribution >= 0.6 is 0 Å². The number of carbonyl (C=O) groups is 2. The molecule has 1 aliphatic heterocycles.